The first-order chi connectivity index (χ1) is 8.20. The Hall–Kier alpha value is -1.50. The Morgan fingerprint density at radius 3 is 2.88 bits per heavy atom. The van der Waals surface area contributed by atoms with Crippen LogP contribution in [0.5, 0.6) is 0 Å². The van der Waals surface area contributed by atoms with Crippen LogP contribution in [0.25, 0.3) is 0 Å². The number of nitrogens with zero attached hydrogens (tertiary/aromatic N) is 2. The Bertz CT molecular complexity index is 590. The second-order valence-corrected chi connectivity index (χ2v) is 4.94. The summed E-state index contributed by atoms with van der Waals surface area (Å²) in [6.07, 6.45) is 1.69. The molecule has 0 aliphatic rings. The molecule has 0 saturated heterocycles. The van der Waals surface area contributed by atoms with Crippen LogP contribution in [0.1, 0.15) is 11.1 Å². The molecule has 0 amide bonds. The molecule has 0 spiro atoms. The van der Waals surface area contributed by atoms with E-state index in [4.69, 9.17) is 16.9 Å². The fourth-order valence-electron chi connectivity index (χ4n) is 1.36. The molecule has 2 rings (SSSR count). The van der Waals surface area contributed by atoms with Crippen LogP contribution in [0.4, 0.5) is 0 Å². The Morgan fingerprint density at radius 2 is 2.18 bits per heavy atom. The van der Waals surface area contributed by atoms with Gasteiger partial charge in [0, 0.05) is 11.1 Å². The quantitative estimate of drug-likeness (QED) is 0.817. The molecule has 0 aliphatic carbocycles. The van der Waals surface area contributed by atoms with Crippen molar-refractivity contribution in [3.05, 3.63) is 52.7 Å². The first-order valence-corrected chi connectivity index (χ1v) is 6.19. The fraction of sp³-hybridized carbons (Fsp3) is 0.0769. The van der Waals surface area contributed by atoms with Crippen molar-refractivity contribution in [1.82, 2.24) is 4.98 Å². The highest BCUT2D eigenvalue weighted by molar-refractivity contribution is 7.99. The molecule has 17 heavy (non-hydrogen) atoms. The third-order valence-electron chi connectivity index (χ3n) is 2.19. The van der Waals surface area contributed by atoms with Gasteiger partial charge in [0.2, 0.25) is 0 Å². The zero-order valence-electron chi connectivity index (χ0n) is 9.14. The summed E-state index contributed by atoms with van der Waals surface area (Å²) < 4.78 is 0. The van der Waals surface area contributed by atoms with E-state index in [9.17, 15) is 0 Å². The topological polar surface area (TPSA) is 36.7 Å². The fourth-order valence-corrected chi connectivity index (χ4v) is 2.55. The summed E-state index contributed by atoms with van der Waals surface area (Å²) in [5.41, 5.74) is 1.75. The largest absolute Gasteiger partial charge is 0.248 e. The van der Waals surface area contributed by atoms with E-state index in [-0.39, 0.29) is 0 Å². The van der Waals surface area contributed by atoms with Gasteiger partial charge in [-0.05, 0) is 36.8 Å². The standard InChI is InChI=1S/C13H9ClN2S/c1-9-4-5-10(8-15)12(7-9)17-13-11(14)3-2-6-16-13/h2-7H,1H3. The predicted molar refractivity (Wildman–Crippen MR) is 69.3 cm³/mol. The van der Waals surface area contributed by atoms with Gasteiger partial charge >= 0.3 is 0 Å². The van der Waals surface area contributed by atoms with Gasteiger partial charge in [-0.3, -0.25) is 0 Å². The molecule has 2 nitrogen and oxygen atoms in total. The van der Waals surface area contributed by atoms with Crippen molar-refractivity contribution in [2.75, 3.05) is 0 Å². The van der Waals surface area contributed by atoms with Gasteiger partial charge in [-0.15, -0.1) is 0 Å². The second kappa shape index (κ2) is 5.22. The summed E-state index contributed by atoms with van der Waals surface area (Å²) >= 11 is 7.46. The van der Waals surface area contributed by atoms with Crippen LogP contribution in [-0.2, 0) is 0 Å². The van der Waals surface area contributed by atoms with Crippen molar-refractivity contribution in [3.8, 4) is 6.07 Å². The minimum absolute atomic E-state index is 0.600. The summed E-state index contributed by atoms with van der Waals surface area (Å²) in [5, 5.41) is 10.4. The maximum atomic E-state index is 9.04. The molecule has 0 unspecified atom stereocenters. The van der Waals surface area contributed by atoms with E-state index in [1.54, 1.807) is 18.3 Å². The minimum atomic E-state index is 0.600. The van der Waals surface area contributed by atoms with Gasteiger partial charge in [-0.1, -0.05) is 29.4 Å². The van der Waals surface area contributed by atoms with Gasteiger partial charge in [0.25, 0.3) is 0 Å². The van der Waals surface area contributed by atoms with E-state index in [2.05, 4.69) is 11.1 Å². The number of pyridine rings is 1. The molecule has 0 saturated carbocycles. The molecule has 1 aromatic carbocycles. The molecule has 2 aromatic rings. The third-order valence-corrected chi connectivity index (χ3v) is 3.68. The van der Waals surface area contributed by atoms with Gasteiger partial charge in [0.05, 0.1) is 10.6 Å². The molecule has 0 radical (unpaired) electrons. The third kappa shape index (κ3) is 2.79. The molecule has 84 valence electrons. The number of hydrogen-bond donors (Lipinski definition) is 0. The summed E-state index contributed by atoms with van der Waals surface area (Å²) in [7, 11) is 0. The zero-order valence-corrected chi connectivity index (χ0v) is 10.7. The molecular weight excluding hydrogens is 252 g/mol. The maximum Gasteiger partial charge on any atom is 0.119 e. The minimum Gasteiger partial charge on any atom is -0.248 e. The van der Waals surface area contributed by atoms with E-state index in [1.807, 2.05) is 25.1 Å². The van der Waals surface area contributed by atoms with E-state index >= 15 is 0 Å². The van der Waals surface area contributed by atoms with E-state index in [0.29, 0.717) is 10.6 Å². The van der Waals surface area contributed by atoms with Crippen LogP contribution in [-0.4, -0.2) is 4.98 Å². The number of halogens is 1. The van der Waals surface area contributed by atoms with Gasteiger partial charge < -0.3 is 0 Å². The van der Waals surface area contributed by atoms with Crippen molar-refractivity contribution >= 4 is 23.4 Å². The smallest absolute Gasteiger partial charge is 0.119 e. The summed E-state index contributed by atoms with van der Waals surface area (Å²) in [5.74, 6) is 0. The number of aryl methyl sites for hydroxylation is 1. The summed E-state index contributed by atoms with van der Waals surface area (Å²) in [6, 6.07) is 11.4. The van der Waals surface area contributed by atoms with Gasteiger partial charge in [-0.25, -0.2) is 4.98 Å². The van der Waals surface area contributed by atoms with E-state index < -0.39 is 0 Å². The van der Waals surface area contributed by atoms with Crippen LogP contribution in [0.2, 0.25) is 5.02 Å². The molecular formula is C13H9ClN2S. The van der Waals surface area contributed by atoms with E-state index in [0.717, 1.165) is 15.5 Å². The SMILES string of the molecule is Cc1ccc(C#N)c(Sc2ncccc2Cl)c1. The Labute approximate surface area is 109 Å². The first kappa shape index (κ1) is 12.0. The second-order valence-electron chi connectivity index (χ2n) is 3.50. The first-order valence-electron chi connectivity index (χ1n) is 5.00. The molecule has 0 fully saturated rings. The maximum absolute atomic E-state index is 9.04. The number of benzene rings is 1. The Balaban J connectivity index is 2.40. The molecule has 0 atom stereocenters. The highest BCUT2D eigenvalue weighted by atomic mass is 35.5. The number of rotatable bonds is 2. The van der Waals surface area contributed by atoms with Gasteiger partial charge in [0.15, 0.2) is 0 Å². The van der Waals surface area contributed by atoms with Crippen LogP contribution < -0.4 is 0 Å². The molecule has 0 bridgehead atoms. The number of aromatic nitrogens is 1. The summed E-state index contributed by atoms with van der Waals surface area (Å²) in [6.45, 7) is 1.99. The van der Waals surface area contributed by atoms with Gasteiger partial charge in [-0.2, -0.15) is 5.26 Å². The zero-order chi connectivity index (χ0) is 12.3. The normalized spacial score (nSPS) is 9.94. The molecule has 1 aromatic heterocycles. The molecule has 0 aliphatic heterocycles. The average Bonchev–Trinajstić information content (AvgIpc) is 2.32. The van der Waals surface area contributed by atoms with E-state index in [1.165, 1.54) is 11.8 Å². The van der Waals surface area contributed by atoms with Crippen molar-refractivity contribution < 1.29 is 0 Å². The van der Waals surface area contributed by atoms with Crippen LogP contribution in [0.15, 0.2) is 46.5 Å². The monoisotopic (exact) mass is 260 g/mol. The summed E-state index contributed by atoms with van der Waals surface area (Å²) in [4.78, 5) is 5.08. The van der Waals surface area contributed by atoms with Crippen molar-refractivity contribution in [3.63, 3.8) is 0 Å². The molecule has 1 heterocycles. The number of hydrogen-bond acceptors (Lipinski definition) is 3. The lowest BCUT2D eigenvalue weighted by molar-refractivity contribution is 1.13. The van der Waals surface area contributed by atoms with Crippen LogP contribution in [0.3, 0.4) is 0 Å². The Kier molecular flexibility index (Phi) is 3.68. The van der Waals surface area contributed by atoms with Gasteiger partial charge in [0.1, 0.15) is 11.1 Å². The lowest BCUT2D eigenvalue weighted by Crippen LogP contribution is -1.85. The lowest BCUT2D eigenvalue weighted by Gasteiger charge is -2.05. The number of nitriles is 1. The molecule has 0 N–H and O–H groups in total. The van der Waals surface area contributed by atoms with Crippen molar-refractivity contribution in [1.29, 1.82) is 5.26 Å². The highest BCUT2D eigenvalue weighted by Gasteiger charge is 2.08. The lowest BCUT2D eigenvalue weighted by atomic mass is 10.2. The van der Waals surface area contributed by atoms with Crippen LogP contribution >= 0.6 is 23.4 Å². The Morgan fingerprint density at radius 1 is 1.35 bits per heavy atom. The van der Waals surface area contributed by atoms with Crippen molar-refractivity contribution in [2.24, 2.45) is 0 Å². The average molecular weight is 261 g/mol. The molecule has 4 heteroatoms. The van der Waals surface area contributed by atoms with Crippen molar-refractivity contribution in [2.45, 2.75) is 16.8 Å². The highest BCUT2D eigenvalue weighted by Crippen LogP contribution is 2.33. The predicted octanol–water partition coefficient (Wildman–Crippen LogP) is 4.07. The van der Waals surface area contributed by atoms with Crippen LogP contribution in [0, 0.1) is 18.3 Å².